The third kappa shape index (κ3) is 3.71. The van der Waals surface area contributed by atoms with Crippen molar-refractivity contribution in [3.8, 4) is 0 Å². The Morgan fingerprint density at radius 2 is 1.88 bits per heavy atom. The second-order valence-electron chi connectivity index (χ2n) is 11.0. The van der Waals surface area contributed by atoms with E-state index in [0.717, 1.165) is 5.56 Å². The van der Waals surface area contributed by atoms with Crippen LogP contribution >= 0.6 is 0 Å². The normalized spacial score (nSPS) is 33.1. The first-order chi connectivity index (χ1) is 16.0. The lowest BCUT2D eigenvalue weighted by atomic mass is 9.65. The van der Waals surface area contributed by atoms with Gasteiger partial charge in [-0.25, -0.2) is 0 Å². The van der Waals surface area contributed by atoms with E-state index in [4.69, 9.17) is 4.74 Å². The van der Waals surface area contributed by atoms with Crippen LogP contribution in [0.3, 0.4) is 0 Å². The average molecular weight is 472 g/mol. The summed E-state index contributed by atoms with van der Waals surface area (Å²) in [5, 5.41) is 16.2. The van der Waals surface area contributed by atoms with Crippen LogP contribution in [0.2, 0.25) is 0 Å². The van der Waals surface area contributed by atoms with Crippen LogP contribution in [0.4, 0.5) is 0 Å². The quantitative estimate of drug-likeness (QED) is 0.557. The molecule has 1 aromatic rings. The SMILES string of the molecule is CC[C@]12CCC3(O1)C(C(=O)NC(C)(C)C)N([C@@H](CO)Cc1ccccc1)C(=O)[C@@H]3[C@H]2C(=O)NC. The molecule has 6 atom stereocenters. The van der Waals surface area contributed by atoms with Crippen molar-refractivity contribution >= 4 is 17.7 Å². The number of hydrogen-bond acceptors (Lipinski definition) is 5. The molecule has 1 spiro atoms. The van der Waals surface area contributed by atoms with E-state index in [2.05, 4.69) is 10.6 Å². The Kier molecular flexibility index (Phi) is 6.27. The van der Waals surface area contributed by atoms with E-state index < -0.39 is 40.7 Å². The number of ether oxygens (including phenoxy) is 1. The minimum atomic E-state index is -1.09. The predicted molar refractivity (Wildman–Crippen MR) is 127 cm³/mol. The summed E-state index contributed by atoms with van der Waals surface area (Å²) in [6, 6.07) is 8.06. The molecule has 8 nitrogen and oxygen atoms in total. The Hall–Kier alpha value is -2.45. The number of likely N-dealkylation sites (tertiary alicyclic amines) is 1. The Morgan fingerprint density at radius 3 is 2.44 bits per heavy atom. The molecule has 3 amide bonds. The van der Waals surface area contributed by atoms with Gasteiger partial charge in [-0.2, -0.15) is 0 Å². The highest BCUT2D eigenvalue weighted by Crippen LogP contribution is 2.64. The summed E-state index contributed by atoms with van der Waals surface area (Å²) in [6.45, 7) is 7.34. The maximum absolute atomic E-state index is 14.1. The number of aliphatic hydroxyl groups is 1. The molecule has 3 N–H and O–H groups in total. The Bertz CT molecular complexity index is 961. The number of aliphatic hydroxyl groups excluding tert-OH is 1. The first-order valence-corrected chi connectivity index (χ1v) is 12.2. The van der Waals surface area contributed by atoms with Crippen molar-refractivity contribution in [2.24, 2.45) is 11.8 Å². The molecule has 3 aliphatic heterocycles. The van der Waals surface area contributed by atoms with Gasteiger partial charge in [0.15, 0.2) is 0 Å². The van der Waals surface area contributed by atoms with Gasteiger partial charge >= 0.3 is 0 Å². The Balaban J connectivity index is 1.81. The molecular weight excluding hydrogens is 434 g/mol. The zero-order valence-corrected chi connectivity index (χ0v) is 20.8. The lowest BCUT2D eigenvalue weighted by molar-refractivity contribution is -0.151. The molecule has 4 rings (SSSR count). The molecule has 34 heavy (non-hydrogen) atoms. The summed E-state index contributed by atoms with van der Waals surface area (Å²) in [5.41, 5.74) is -1.42. The number of fused-ring (bicyclic) bond motifs is 1. The van der Waals surface area contributed by atoms with Gasteiger partial charge in [-0.3, -0.25) is 14.4 Å². The molecule has 3 heterocycles. The van der Waals surface area contributed by atoms with Crippen molar-refractivity contribution in [1.29, 1.82) is 0 Å². The number of carbonyl (C=O) groups is 3. The minimum absolute atomic E-state index is 0.234. The van der Waals surface area contributed by atoms with Gasteiger partial charge in [0, 0.05) is 12.6 Å². The number of carbonyl (C=O) groups excluding carboxylic acids is 3. The van der Waals surface area contributed by atoms with Crippen LogP contribution in [0, 0.1) is 11.8 Å². The molecule has 186 valence electrons. The summed E-state index contributed by atoms with van der Waals surface area (Å²) < 4.78 is 6.68. The summed E-state index contributed by atoms with van der Waals surface area (Å²) >= 11 is 0. The molecule has 2 bridgehead atoms. The molecule has 1 aromatic carbocycles. The highest BCUT2D eigenvalue weighted by molar-refractivity contribution is 5.99. The molecule has 3 fully saturated rings. The highest BCUT2D eigenvalue weighted by Gasteiger charge is 2.79. The van der Waals surface area contributed by atoms with Crippen LogP contribution in [0.25, 0.3) is 0 Å². The zero-order chi connectivity index (χ0) is 24.9. The third-order valence-electron chi connectivity index (χ3n) is 7.81. The maximum Gasteiger partial charge on any atom is 0.246 e. The second-order valence-corrected chi connectivity index (χ2v) is 11.0. The Labute approximate surface area is 201 Å². The number of hydrogen-bond donors (Lipinski definition) is 3. The highest BCUT2D eigenvalue weighted by atomic mass is 16.5. The Morgan fingerprint density at radius 1 is 1.21 bits per heavy atom. The van der Waals surface area contributed by atoms with Gasteiger partial charge in [0.05, 0.1) is 30.1 Å². The first-order valence-electron chi connectivity index (χ1n) is 12.2. The van der Waals surface area contributed by atoms with Crippen LogP contribution in [0.1, 0.15) is 52.5 Å². The maximum atomic E-state index is 14.1. The molecule has 0 saturated carbocycles. The van der Waals surface area contributed by atoms with E-state index in [1.54, 1.807) is 7.05 Å². The van der Waals surface area contributed by atoms with Crippen molar-refractivity contribution in [2.45, 2.75) is 82.2 Å². The van der Waals surface area contributed by atoms with Gasteiger partial charge < -0.3 is 25.4 Å². The molecule has 3 aliphatic rings. The third-order valence-corrected chi connectivity index (χ3v) is 7.81. The number of nitrogens with zero attached hydrogens (tertiary/aromatic N) is 1. The largest absolute Gasteiger partial charge is 0.394 e. The fourth-order valence-corrected chi connectivity index (χ4v) is 6.48. The van der Waals surface area contributed by atoms with E-state index in [1.807, 2.05) is 58.0 Å². The first kappa shape index (κ1) is 24.7. The lowest BCUT2D eigenvalue weighted by Crippen LogP contribution is -2.60. The van der Waals surface area contributed by atoms with Crippen LogP contribution < -0.4 is 10.6 Å². The van der Waals surface area contributed by atoms with Gasteiger partial charge in [-0.15, -0.1) is 0 Å². The van der Waals surface area contributed by atoms with Crippen molar-refractivity contribution in [3.63, 3.8) is 0 Å². The van der Waals surface area contributed by atoms with Crippen LogP contribution in [-0.2, 0) is 25.5 Å². The molecule has 2 unspecified atom stereocenters. The monoisotopic (exact) mass is 471 g/mol. The zero-order valence-electron chi connectivity index (χ0n) is 20.8. The predicted octanol–water partition coefficient (Wildman–Crippen LogP) is 1.41. The van der Waals surface area contributed by atoms with Crippen molar-refractivity contribution < 1.29 is 24.2 Å². The van der Waals surface area contributed by atoms with Crippen molar-refractivity contribution in [2.75, 3.05) is 13.7 Å². The van der Waals surface area contributed by atoms with Gasteiger partial charge in [0.1, 0.15) is 11.6 Å². The summed E-state index contributed by atoms with van der Waals surface area (Å²) in [6.07, 6.45) is 2.11. The fourth-order valence-electron chi connectivity index (χ4n) is 6.48. The number of nitrogens with one attached hydrogen (secondary N) is 2. The summed E-state index contributed by atoms with van der Waals surface area (Å²) in [4.78, 5) is 42.5. The van der Waals surface area contributed by atoms with Crippen molar-refractivity contribution in [1.82, 2.24) is 15.5 Å². The lowest BCUT2D eigenvalue weighted by Gasteiger charge is -2.38. The molecule has 0 aromatic heterocycles. The van der Waals surface area contributed by atoms with Gasteiger partial charge in [-0.05, 0) is 52.0 Å². The van der Waals surface area contributed by atoms with E-state index in [9.17, 15) is 19.5 Å². The molecule has 0 radical (unpaired) electrons. The van der Waals surface area contributed by atoms with Crippen LogP contribution in [0.5, 0.6) is 0 Å². The van der Waals surface area contributed by atoms with Gasteiger partial charge in [-0.1, -0.05) is 37.3 Å². The summed E-state index contributed by atoms with van der Waals surface area (Å²) in [5.74, 6) is -2.26. The molecular formula is C26H37N3O5. The van der Waals surface area contributed by atoms with Gasteiger partial charge in [0.2, 0.25) is 17.7 Å². The summed E-state index contributed by atoms with van der Waals surface area (Å²) in [7, 11) is 1.57. The van der Waals surface area contributed by atoms with Crippen LogP contribution in [0.15, 0.2) is 30.3 Å². The van der Waals surface area contributed by atoms with Crippen LogP contribution in [-0.4, -0.2) is 70.2 Å². The topological polar surface area (TPSA) is 108 Å². The minimum Gasteiger partial charge on any atom is -0.394 e. The fraction of sp³-hybridized carbons (Fsp3) is 0.654. The standard InChI is InChI=1S/C26H37N3O5/c1-6-25-12-13-26(34-25)19(18(25)21(31)27-5)23(33)29(20(26)22(32)28-24(2,3)4)17(15-30)14-16-10-8-7-9-11-16/h7-11,17-20,30H,6,12-15H2,1-5H3,(H,27,31)(H,28,32)/t17-,18+,19+,20?,25-,26?/m1/s1. The molecule has 0 aliphatic carbocycles. The smallest absolute Gasteiger partial charge is 0.246 e. The average Bonchev–Trinajstić information content (AvgIpc) is 3.40. The number of benzene rings is 1. The second kappa shape index (κ2) is 8.64. The van der Waals surface area contributed by atoms with E-state index in [0.29, 0.717) is 25.7 Å². The number of amides is 3. The van der Waals surface area contributed by atoms with Gasteiger partial charge in [0.25, 0.3) is 0 Å². The molecule has 3 saturated heterocycles. The van der Waals surface area contributed by atoms with Crippen molar-refractivity contribution in [3.05, 3.63) is 35.9 Å². The molecule has 8 heteroatoms. The van der Waals surface area contributed by atoms with E-state index >= 15 is 0 Å². The van der Waals surface area contributed by atoms with E-state index in [1.165, 1.54) is 4.90 Å². The van der Waals surface area contributed by atoms with E-state index in [-0.39, 0.29) is 24.3 Å². The number of rotatable bonds is 7.